The molecule has 0 radical (unpaired) electrons. The largest absolute Gasteiger partial charge is 0.391 e. The first-order valence-electron chi connectivity index (χ1n) is 8.38. The van der Waals surface area contributed by atoms with E-state index in [1.54, 1.807) is 11.0 Å². The summed E-state index contributed by atoms with van der Waals surface area (Å²) >= 11 is 0. The SMILES string of the molecule is CN(C)C[C@H]1C[C@@H](O)CN1c1cc(N2CCCC(F)(F)C2)ncn1. The van der Waals surface area contributed by atoms with E-state index in [9.17, 15) is 13.9 Å². The summed E-state index contributed by atoms with van der Waals surface area (Å²) < 4.78 is 27.3. The lowest BCUT2D eigenvalue weighted by Gasteiger charge is -2.34. The zero-order valence-corrected chi connectivity index (χ0v) is 14.2. The molecular formula is C16H25F2N5O. The van der Waals surface area contributed by atoms with Gasteiger partial charge in [0.05, 0.1) is 12.6 Å². The van der Waals surface area contributed by atoms with Gasteiger partial charge in [-0.05, 0) is 26.9 Å². The molecule has 0 bridgehead atoms. The van der Waals surface area contributed by atoms with Crippen LogP contribution in [0.2, 0.25) is 0 Å². The van der Waals surface area contributed by atoms with Crippen molar-refractivity contribution in [1.29, 1.82) is 0 Å². The molecule has 0 aromatic carbocycles. The molecule has 0 unspecified atom stereocenters. The summed E-state index contributed by atoms with van der Waals surface area (Å²) in [4.78, 5) is 14.3. The predicted molar refractivity (Wildman–Crippen MR) is 88.7 cm³/mol. The Kier molecular flexibility index (Phi) is 4.87. The van der Waals surface area contributed by atoms with Gasteiger partial charge in [-0.3, -0.25) is 0 Å². The number of nitrogens with zero attached hydrogens (tertiary/aromatic N) is 5. The lowest BCUT2D eigenvalue weighted by atomic mass is 10.1. The summed E-state index contributed by atoms with van der Waals surface area (Å²) in [7, 11) is 3.98. The minimum atomic E-state index is -2.67. The number of alkyl halides is 2. The highest BCUT2D eigenvalue weighted by Gasteiger charge is 2.36. The molecule has 2 aliphatic heterocycles. The van der Waals surface area contributed by atoms with Crippen LogP contribution >= 0.6 is 0 Å². The van der Waals surface area contributed by atoms with E-state index in [2.05, 4.69) is 19.8 Å². The van der Waals surface area contributed by atoms with Gasteiger partial charge in [-0.2, -0.15) is 0 Å². The number of aromatic nitrogens is 2. The van der Waals surface area contributed by atoms with Crippen LogP contribution in [0.3, 0.4) is 0 Å². The Labute approximate surface area is 141 Å². The second-order valence-electron chi connectivity index (χ2n) is 7.07. The van der Waals surface area contributed by atoms with Crippen molar-refractivity contribution in [2.24, 2.45) is 0 Å². The van der Waals surface area contributed by atoms with E-state index in [1.807, 2.05) is 14.1 Å². The van der Waals surface area contributed by atoms with Crippen molar-refractivity contribution in [2.75, 3.05) is 50.1 Å². The number of aliphatic hydroxyl groups excluding tert-OH is 1. The number of hydrogen-bond donors (Lipinski definition) is 1. The quantitative estimate of drug-likeness (QED) is 0.889. The van der Waals surface area contributed by atoms with Crippen LogP contribution in [0.1, 0.15) is 19.3 Å². The summed E-state index contributed by atoms with van der Waals surface area (Å²) in [6.45, 7) is 1.59. The molecule has 24 heavy (non-hydrogen) atoms. The van der Waals surface area contributed by atoms with Crippen LogP contribution in [0.25, 0.3) is 0 Å². The van der Waals surface area contributed by atoms with Crippen LogP contribution in [-0.2, 0) is 0 Å². The molecule has 3 heterocycles. The van der Waals surface area contributed by atoms with Crippen LogP contribution in [0, 0.1) is 0 Å². The van der Waals surface area contributed by atoms with Crippen molar-refractivity contribution >= 4 is 11.6 Å². The topological polar surface area (TPSA) is 55.7 Å². The molecule has 134 valence electrons. The average Bonchev–Trinajstić information content (AvgIpc) is 2.86. The van der Waals surface area contributed by atoms with Crippen molar-refractivity contribution in [1.82, 2.24) is 14.9 Å². The lowest BCUT2D eigenvalue weighted by Crippen LogP contribution is -2.43. The maximum atomic E-state index is 13.7. The van der Waals surface area contributed by atoms with Crippen molar-refractivity contribution in [3.63, 3.8) is 0 Å². The van der Waals surface area contributed by atoms with E-state index in [0.29, 0.717) is 37.6 Å². The highest BCUT2D eigenvalue weighted by molar-refractivity contribution is 5.52. The van der Waals surface area contributed by atoms with Crippen molar-refractivity contribution < 1.29 is 13.9 Å². The maximum absolute atomic E-state index is 13.7. The smallest absolute Gasteiger partial charge is 0.265 e. The van der Waals surface area contributed by atoms with Gasteiger partial charge in [0.2, 0.25) is 0 Å². The monoisotopic (exact) mass is 341 g/mol. The summed E-state index contributed by atoms with van der Waals surface area (Å²) in [5.41, 5.74) is 0. The maximum Gasteiger partial charge on any atom is 0.265 e. The third kappa shape index (κ3) is 3.92. The van der Waals surface area contributed by atoms with Crippen LogP contribution < -0.4 is 9.80 Å². The third-order valence-electron chi connectivity index (χ3n) is 4.62. The lowest BCUT2D eigenvalue weighted by molar-refractivity contribution is -0.0118. The molecular weight excluding hydrogens is 316 g/mol. The Morgan fingerprint density at radius 2 is 2.08 bits per heavy atom. The highest BCUT2D eigenvalue weighted by Crippen LogP contribution is 2.31. The number of piperidine rings is 1. The number of aliphatic hydroxyl groups is 1. The first kappa shape index (κ1) is 17.3. The number of rotatable bonds is 4. The van der Waals surface area contributed by atoms with Crippen LogP contribution in [0.4, 0.5) is 20.4 Å². The first-order valence-corrected chi connectivity index (χ1v) is 8.38. The second-order valence-corrected chi connectivity index (χ2v) is 7.07. The van der Waals surface area contributed by atoms with Gasteiger partial charge in [0.25, 0.3) is 5.92 Å². The van der Waals surface area contributed by atoms with E-state index in [0.717, 1.165) is 6.54 Å². The van der Waals surface area contributed by atoms with E-state index >= 15 is 0 Å². The summed E-state index contributed by atoms with van der Waals surface area (Å²) in [5, 5.41) is 10.0. The van der Waals surface area contributed by atoms with Crippen molar-refractivity contribution in [3.8, 4) is 0 Å². The van der Waals surface area contributed by atoms with E-state index in [-0.39, 0.29) is 19.0 Å². The van der Waals surface area contributed by atoms with Gasteiger partial charge in [0, 0.05) is 38.2 Å². The molecule has 2 aliphatic rings. The molecule has 1 aromatic heterocycles. The number of anilines is 2. The molecule has 6 nitrogen and oxygen atoms in total. The fourth-order valence-electron chi connectivity index (χ4n) is 3.60. The minimum absolute atomic E-state index is 0.0648. The molecule has 2 saturated heterocycles. The van der Waals surface area contributed by atoms with Gasteiger partial charge in [-0.25, -0.2) is 18.7 Å². The number of hydrogen-bond acceptors (Lipinski definition) is 6. The summed E-state index contributed by atoms with van der Waals surface area (Å²) in [6, 6.07) is 1.92. The van der Waals surface area contributed by atoms with E-state index in [1.165, 1.54) is 6.33 Å². The highest BCUT2D eigenvalue weighted by atomic mass is 19.3. The zero-order chi connectivity index (χ0) is 17.3. The van der Waals surface area contributed by atoms with Crippen LogP contribution in [0.15, 0.2) is 12.4 Å². The normalized spacial score (nSPS) is 27.1. The van der Waals surface area contributed by atoms with Gasteiger partial charge in [0.1, 0.15) is 18.0 Å². The Morgan fingerprint density at radius 3 is 2.79 bits per heavy atom. The number of likely N-dealkylation sites (N-methyl/N-ethyl adjacent to an activating group) is 1. The predicted octanol–water partition coefficient (Wildman–Crippen LogP) is 1.21. The molecule has 3 rings (SSSR count). The zero-order valence-electron chi connectivity index (χ0n) is 14.2. The molecule has 0 saturated carbocycles. The molecule has 2 atom stereocenters. The van der Waals surface area contributed by atoms with Crippen molar-refractivity contribution in [3.05, 3.63) is 12.4 Å². The van der Waals surface area contributed by atoms with Crippen molar-refractivity contribution in [2.45, 2.75) is 37.3 Å². The summed E-state index contributed by atoms with van der Waals surface area (Å²) in [6.07, 6.45) is 2.10. The molecule has 2 fully saturated rings. The fraction of sp³-hybridized carbons (Fsp3) is 0.750. The first-order chi connectivity index (χ1) is 11.3. The van der Waals surface area contributed by atoms with Gasteiger partial charge in [-0.1, -0.05) is 0 Å². The van der Waals surface area contributed by atoms with Gasteiger partial charge in [-0.15, -0.1) is 0 Å². The molecule has 0 aliphatic carbocycles. The van der Waals surface area contributed by atoms with E-state index < -0.39 is 12.0 Å². The van der Waals surface area contributed by atoms with E-state index in [4.69, 9.17) is 0 Å². The fourth-order valence-corrected chi connectivity index (χ4v) is 3.60. The van der Waals surface area contributed by atoms with Gasteiger partial charge >= 0.3 is 0 Å². The average molecular weight is 341 g/mol. The van der Waals surface area contributed by atoms with Crippen LogP contribution in [0.5, 0.6) is 0 Å². The molecule has 8 heteroatoms. The summed E-state index contributed by atoms with van der Waals surface area (Å²) in [5.74, 6) is -1.44. The number of halogens is 2. The third-order valence-corrected chi connectivity index (χ3v) is 4.62. The molecule has 1 aromatic rings. The second kappa shape index (κ2) is 6.76. The standard InChI is InChI=1S/C16H25F2N5O/c1-21(2)8-12-6-13(24)9-23(12)15-7-14(19-11-20-15)22-5-3-4-16(17,18)10-22/h7,11-13,24H,3-6,8-10H2,1-2H3/t12-,13-/m1/s1. The van der Waals surface area contributed by atoms with Gasteiger partial charge < -0.3 is 19.8 Å². The molecule has 0 spiro atoms. The van der Waals surface area contributed by atoms with Crippen LogP contribution in [-0.4, -0.2) is 78.3 Å². The Hall–Kier alpha value is -1.54. The number of β-amino-alcohol motifs (C(OH)–C–C–N with tert-alkyl or cyclic N) is 1. The minimum Gasteiger partial charge on any atom is -0.391 e. The van der Waals surface area contributed by atoms with Gasteiger partial charge in [0.15, 0.2) is 0 Å². The molecule has 1 N–H and O–H groups in total. The molecule has 0 amide bonds. The Morgan fingerprint density at radius 1 is 1.33 bits per heavy atom. The Balaban J connectivity index is 1.79. The Bertz CT molecular complexity index is 571.